The summed E-state index contributed by atoms with van der Waals surface area (Å²) in [5, 5.41) is 9.80. The van der Waals surface area contributed by atoms with E-state index in [-0.39, 0.29) is 6.42 Å². The number of carboxylic acid groups (broad SMARTS) is 1. The number of carboxylic acids is 1. The molecule has 0 rings (SSSR count). The van der Waals surface area contributed by atoms with Crippen LogP contribution in [0.15, 0.2) is 0 Å². The minimum Gasteiger partial charge on any atom is -0.544 e. The fourth-order valence-electron chi connectivity index (χ4n) is 0.595. The zero-order valence-corrected chi connectivity index (χ0v) is 6.77. The minimum absolute atomic E-state index is 0.182. The molecule has 0 radical (unpaired) electrons. The van der Waals surface area contributed by atoms with Gasteiger partial charge >= 0.3 is 5.92 Å². The number of alkyl halides is 2. The van der Waals surface area contributed by atoms with E-state index in [1.807, 2.05) is 0 Å². The molecule has 0 spiro atoms. The lowest BCUT2D eigenvalue weighted by Crippen LogP contribution is -2.49. The number of hydrogen-bond donors (Lipinski definition) is 0. The molecular formula is C7H9F2O3-. The van der Waals surface area contributed by atoms with E-state index in [0.29, 0.717) is 0 Å². The first kappa shape index (κ1) is 11.0. The average Bonchev–Trinajstić information content (AvgIpc) is 2.01. The van der Waals surface area contributed by atoms with E-state index in [1.54, 1.807) is 0 Å². The fourth-order valence-corrected chi connectivity index (χ4v) is 0.595. The van der Waals surface area contributed by atoms with E-state index in [4.69, 9.17) is 0 Å². The lowest BCUT2D eigenvalue weighted by molar-refractivity contribution is -0.325. The van der Waals surface area contributed by atoms with Crippen molar-refractivity contribution in [2.75, 3.05) is 0 Å². The molecule has 0 aromatic carbocycles. The zero-order valence-electron chi connectivity index (χ0n) is 6.77. The van der Waals surface area contributed by atoms with Gasteiger partial charge in [-0.1, -0.05) is 13.8 Å². The molecule has 0 aromatic rings. The molecule has 0 heterocycles. The molecule has 1 atom stereocenters. The van der Waals surface area contributed by atoms with Gasteiger partial charge in [0.05, 0.1) is 0 Å². The highest BCUT2D eigenvalue weighted by Crippen LogP contribution is 2.20. The summed E-state index contributed by atoms with van der Waals surface area (Å²) in [6.45, 7) is 2.77. The van der Waals surface area contributed by atoms with Crippen LogP contribution in [0, 0.1) is 5.92 Å². The standard InChI is InChI=1S/C7H10F2O3/c1-3-4(2)5(10)7(8,9)6(11)12/h4H,3H2,1-2H3,(H,11,12)/p-1. The molecule has 3 nitrogen and oxygen atoms in total. The van der Waals surface area contributed by atoms with Gasteiger partial charge in [0.2, 0.25) is 5.78 Å². The lowest BCUT2D eigenvalue weighted by atomic mass is 9.99. The topological polar surface area (TPSA) is 57.2 Å². The maximum Gasteiger partial charge on any atom is 0.344 e. The van der Waals surface area contributed by atoms with Gasteiger partial charge in [-0.25, -0.2) is 0 Å². The maximum absolute atomic E-state index is 12.4. The number of halogens is 2. The van der Waals surface area contributed by atoms with Crippen molar-refractivity contribution in [1.29, 1.82) is 0 Å². The predicted octanol–water partition coefficient (Wildman–Crippen LogP) is -0.0132. The molecule has 1 unspecified atom stereocenters. The summed E-state index contributed by atoms with van der Waals surface area (Å²) < 4.78 is 24.7. The van der Waals surface area contributed by atoms with Gasteiger partial charge in [-0.2, -0.15) is 8.78 Å². The highest BCUT2D eigenvalue weighted by atomic mass is 19.3. The lowest BCUT2D eigenvalue weighted by Gasteiger charge is -2.18. The fraction of sp³-hybridized carbons (Fsp3) is 0.714. The number of hydrogen-bond acceptors (Lipinski definition) is 3. The van der Waals surface area contributed by atoms with Crippen molar-refractivity contribution in [3.8, 4) is 0 Å². The highest BCUT2D eigenvalue weighted by Gasteiger charge is 2.42. The van der Waals surface area contributed by atoms with Crippen molar-refractivity contribution < 1.29 is 23.5 Å². The second kappa shape index (κ2) is 3.60. The first-order valence-corrected chi connectivity index (χ1v) is 3.47. The Morgan fingerprint density at radius 2 is 1.92 bits per heavy atom. The van der Waals surface area contributed by atoms with E-state index in [9.17, 15) is 23.5 Å². The molecule has 0 aliphatic rings. The summed E-state index contributed by atoms with van der Waals surface area (Å²) in [5.74, 6) is -9.54. The van der Waals surface area contributed by atoms with Crippen molar-refractivity contribution >= 4 is 11.8 Å². The third-order valence-corrected chi connectivity index (χ3v) is 1.63. The Bertz CT molecular complexity index is 201. The van der Waals surface area contributed by atoms with Crippen LogP contribution in [-0.4, -0.2) is 17.7 Å². The van der Waals surface area contributed by atoms with Crippen LogP contribution in [0.25, 0.3) is 0 Å². The molecular weight excluding hydrogens is 170 g/mol. The van der Waals surface area contributed by atoms with Gasteiger partial charge < -0.3 is 9.90 Å². The predicted molar refractivity (Wildman–Crippen MR) is 34.4 cm³/mol. The molecule has 12 heavy (non-hydrogen) atoms. The van der Waals surface area contributed by atoms with Crippen molar-refractivity contribution in [3.05, 3.63) is 0 Å². The van der Waals surface area contributed by atoms with Crippen LogP contribution in [0.3, 0.4) is 0 Å². The molecule has 0 bridgehead atoms. The Labute approximate surface area is 68.4 Å². The van der Waals surface area contributed by atoms with Crippen LogP contribution in [0.5, 0.6) is 0 Å². The van der Waals surface area contributed by atoms with E-state index >= 15 is 0 Å². The van der Waals surface area contributed by atoms with Crippen LogP contribution in [-0.2, 0) is 9.59 Å². The van der Waals surface area contributed by atoms with E-state index < -0.39 is 23.6 Å². The SMILES string of the molecule is CCC(C)C(=O)C(F)(F)C(=O)[O-]. The zero-order chi connectivity index (χ0) is 9.94. The molecule has 5 heteroatoms. The molecule has 0 aliphatic heterocycles. The van der Waals surface area contributed by atoms with Crippen molar-refractivity contribution in [2.45, 2.75) is 26.2 Å². The van der Waals surface area contributed by atoms with Gasteiger partial charge in [-0.05, 0) is 6.42 Å². The van der Waals surface area contributed by atoms with Gasteiger partial charge in [0.1, 0.15) is 5.97 Å². The quantitative estimate of drug-likeness (QED) is 0.570. The first-order chi connectivity index (χ1) is 5.34. The number of ketones is 1. The van der Waals surface area contributed by atoms with E-state index in [1.165, 1.54) is 13.8 Å². The largest absolute Gasteiger partial charge is 0.544 e. The average molecular weight is 179 g/mol. The van der Waals surface area contributed by atoms with Crippen LogP contribution >= 0.6 is 0 Å². The number of Topliss-reactive ketones (excluding diaryl/α,β-unsaturated/α-hetero) is 1. The molecule has 0 fully saturated rings. The van der Waals surface area contributed by atoms with Gasteiger partial charge in [-0.3, -0.25) is 4.79 Å². The summed E-state index contributed by atoms with van der Waals surface area (Å²) >= 11 is 0. The number of aliphatic carboxylic acids is 1. The van der Waals surface area contributed by atoms with Gasteiger partial charge in [0.25, 0.3) is 0 Å². The van der Waals surface area contributed by atoms with E-state index in [2.05, 4.69) is 0 Å². The second-order valence-corrected chi connectivity index (χ2v) is 2.54. The Kier molecular flexibility index (Phi) is 3.30. The van der Waals surface area contributed by atoms with Crippen molar-refractivity contribution in [2.24, 2.45) is 5.92 Å². The normalized spacial score (nSPS) is 14.0. The molecule has 0 aromatic heterocycles. The van der Waals surface area contributed by atoms with Crippen molar-refractivity contribution in [1.82, 2.24) is 0 Å². The molecule has 0 aliphatic carbocycles. The van der Waals surface area contributed by atoms with E-state index in [0.717, 1.165) is 0 Å². The third-order valence-electron chi connectivity index (χ3n) is 1.63. The molecule has 0 N–H and O–H groups in total. The summed E-state index contributed by atoms with van der Waals surface area (Å²) in [6, 6.07) is 0. The molecule has 70 valence electrons. The first-order valence-electron chi connectivity index (χ1n) is 3.47. The number of carbonyl (C=O) groups is 2. The number of rotatable bonds is 4. The minimum atomic E-state index is -4.35. The monoisotopic (exact) mass is 179 g/mol. The smallest absolute Gasteiger partial charge is 0.344 e. The Morgan fingerprint density at radius 1 is 1.50 bits per heavy atom. The third kappa shape index (κ3) is 1.99. The van der Waals surface area contributed by atoms with Gasteiger partial charge in [0, 0.05) is 5.92 Å². The van der Waals surface area contributed by atoms with Crippen LogP contribution in [0.1, 0.15) is 20.3 Å². The summed E-state index contributed by atoms with van der Waals surface area (Å²) in [7, 11) is 0. The second-order valence-electron chi connectivity index (χ2n) is 2.54. The molecule has 0 amide bonds. The summed E-state index contributed by atoms with van der Waals surface area (Å²) in [5.41, 5.74) is 0. The summed E-state index contributed by atoms with van der Waals surface area (Å²) in [4.78, 5) is 20.5. The molecule has 0 saturated carbocycles. The van der Waals surface area contributed by atoms with Gasteiger partial charge in [-0.15, -0.1) is 0 Å². The Morgan fingerprint density at radius 3 is 2.17 bits per heavy atom. The van der Waals surface area contributed by atoms with Gasteiger partial charge in [0.15, 0.2) is 0 Å². The maximum atomic E-state index is 12.4. The highest BCUT2D eigenvalue weighted by molar-refractivity contribution is 6.04. The Hall–Kier alpha value is -1.00. The van der Waals surface area contributed by atoms with Crippen LogP contribution < -0.4 is 5.11 Å². The van der Waals surface area contributed by atoms with Crippen LogP contribution in [0.4, 0.5) is 8.78 Å². The Balaban J connectivity index is 4.57. The summed E-state index contributed by atoms with van der Waals surface area (Å²) in [6.07, 6.45) is 0.182. The molecule has 0 saturated heterocycles. The van der Waals surface area contributed by atoms with Crippen molar-refractivity contribution in [3.63, 3.8) is 0 Å². The van der Waals surface area contributed by atoms with Crippen LogP contribution in [0.2, 0.25) is 0 Å². The number of carbonyl (C=O) groups excluding carboxylic acids is 2.